The summed E-state index contributed by atoms with van der Waals surface area (Å²) in [5.74, 6) is 0.780. The highest BCUT2D eigenvalue weighted by atomic mass is 35.5. The highest BCUT2D eigenvalue weighted by molar-refractivity contribution is 5.85. The number of halogens is 1. The number of rotatable bonds is 2. The fraction of sp³-hybridized carbons (Fsp3) is 0. The Morgan fingerprint density at radius 3 is 2.20 bits per heavy atom. The van der Waals surface area contributed by atoms with Crippen molar-refractivity contribution in [2.75, 3.05) is 5.32 Å². The van der Waals surface area contributed by atoms with Crippen molar-refractivity contribution >= 4 is 24.0 Å². The first-order valence-electron chi connectivity index (χ1n) is 4.18. The van der Waals surface area contributed by atoms with Gasteiger partial charge in [-0.1, -0.05) is 0 Å². The summed E-state index contributed by atoms with van der Waals surface area (Å²) < 4.78 is 0. The molecule has 5 heteroatoms. The van der Waals surface area contributed by atoms with Gasteiger partial charge in [0.1, 0.15) is 5.75 Å². The van der Waals surface area contributed by atoms with E-state index in [2.05, 4.69) is 15.3 Å². The van der Waals surface area contributed by atoms with E-state index in [1.54, 1.807) is 42.7 Å². The third kappa shape index (κ3) is 3.11. The summed E-state index contributed by atoms with van der Waals surface area (Å²) in [5, 5.41) is 12.1. The molecule has 0 fully saturated rings. The van der Waals surface area contributed by atoms with Crippen LogP contribution in [0, 0.1) is 0 Å². The third-order valence-corrected chi connectivity index (χ3v) is 1.69. The van der Waals surface area contributed by atoms with E-state index in [1.165, 1.54) is 0 Å². The largest absolute Gasteiger partial charge is 0.508 e. The van der Waals surface area contributed by atoms with Crippen molar-refractivity contribution in [3.63, 3.8) is 0 Å². The second-order valence-electron chi connectivity index (χ2n) is 2.74. The number of aromatic hydroxyl groups is 1. The zero-order valence-electron chi connectivity index (χ0n) is 7.79. The van der Waals surface area contributed by atoms with Crippen molar-refractivity contribution in [3.8, 4) is 5.75 Å². The van der Waals surface area contributed by atoms with Gasteiger partial charge < -0.3 is 10.4 Å². The Morgan fingerprint density at radius 1 is 1.00 bits per heavy atom. The molecule has 0 atom stereocenters. The Hall–Kier alpha value is -1.81. The number of phenols is 1. The summed E-state index contributed by atoms with van der Waals surface area (Å²) in [7, 11) is 0. The molecule has 0 aliphatic carbocycles. The SMILES string of the molecule is Cl.Oc1ccc(Nc2ncccn2)cc1. The Balaban J connectivity index is 0.00000112. The summed E-state index contributed by atoms with van der Waals surface area (Å²) in [4.78, 5) is 8.02. The van der Waals surface area contributed by atoms with Gasteiger partial charge in [-0.25, -0.2) is 9.97 Å². The van der Waals surface area contributed by atoms with E-state index in [-0.39, 0.29) is 18.2 Å². The molecule has 78 valence electrons. The summed E-state index contributed by atoms with van der Waals surface area (Å²) in [6.45, 7) is 0. The van der Waals surface area contributed by atoms with Gasteiger partial charge in [-0.05, 0) is 30.3 Å². The molecule has 2 rings (SSSR count). The number of nitrogens with zero attached hydrogens (tertiary/aromatic N) is 2. The van der Waals surface area contributed by atoms with Crippen molar-refractivity contribution in [1.82, 2.24) is 9.97 Å². The minimum atomic E-state index is 0. The number of benzene rings is 1. The Bertz CT molecular complexity index is 405. The van der Waals surface area contributed by atoms with E-state index in [0.29, 0.717) is 5.95 Å². The van der Waals surface area contributed by atoms with Crippen LogP contribution in [0.25, 0.3) is 0 Å². The van der Waals surface area contributed by atoms with Gasteiger partial charge in [0, 0.05) is 18.1 Å². The van der Waals surface area contributed by atoms with Gasteiger partial charge in [-0.15, -0.1) is 12.4 Å². The van der Waals surface area contributed by atoms with Crippen LogP contribution >= 0.6 is 12.4 Å². The van der Waals surface area contributed by atoms with Crippen LogP contribution in [-0.2, 0) is 0 Å². The topological polar surface area (TPSA) is 58.0 Å². The highest BCUT2D eigenvalue weighted by Crippen LogP contribution is 2.16. The molecule has 0 radical (unpaired) electrons. The van der Waals surface area contributed by atoms with Crippen LogP contribution in [0.2, 0.25) is 0 Å². The third-order valence-electron chi connectivity index (χ3n) is 1.69. The number of hydrogen-bond acceptors (Lipinski definition) is 4. The molecule has 0 spiro atoms. The molecular formula is C10H10ClN3O. The lowest BCUT2D eigenvalue weighted by atomic mass is 10.3. The molecule has 0 saturated heterocycles. The standard InChI is InChI=1S/C10H9N3O.ClH/c14-9-4-2-8(3-5-9)13-10-11-6-1-7-12-10;/h1-7,14H,(H,11,12,13);1H. The van der Waals surface area contributed by atoms with Crippen LogP contribution in [0.1, 0.15) is 0 Å². The predicted octanol–water partition coefficient (Wildman–Crippen LogP) is 2.35. The minimum Gasteiger partial charge on any atom is -0.508 e. The number of hydrogen-bond donors (Lipinski definition) is 2. The lowest BCUT2D eigenvalue weighted by Crippen LogP contribution is -1.94. The zero-order valence-corrected chi connectivity index (χ0v) is 8.61. The monoisotopic (exact) mass is 223 g/mol. The summed E-state index contributed by atoms with van der Waals surface area (Å²) in [6, 6.07) is 8.47. The lowest BCUT2D eigenvalue weighted by molar-refractivity contribution is 0.475. The molecule has 0 amide bonds. The Labute approximate surface area is 93.4 Å². The van der Waals surface area contributed by atoms with Crippen molar-refractivity contribution < 1.29 is 5.11 Å². The molecule has 15 heavy (non-hydrogen) atoms. The molecule has 0 aliphatic rings. The van der Waals surface area contributed by atoms with Gasteiger partial charge in [0.05, 0.1) is 0 Å². The van der Waals surface area contributed by atoms with E-state index in [0.717, 1.165) is 5.69 Å². The number of phenolic OH excluding ortho intramolecular Hbond substituents is 1. The molecule has 0 saturated carbocycles. The zero-order chi connectivity index (χ0) is 9.80. The maximum atomic E-state index is 9.06. The van der Waals surface area contributed by atoms with Gasteiger partial charge in [0.25, 0.3) is 0 Å². The van der Waals surface area contributed by atoms with E-state index < -0.39 is 0 Å². The number of aromatic nitrogens is 2. The molecule has 1 aromatic carbocycles. The van der Waals surface area contributed by atoms with Crippen LogP contribution in [0.4, 0.5) is 11.6 Å². The van der Waals surface area contributed by atoms with Crippen molar-refractivity contribution in [2.24, 2.45) is 0 Å². The average Bonchev–Trinajstić information content (AvgIpc) is 2.23. The molecule has 1 heterocycles. The fourth-order valence-corrected chi connectivity index (χ4v) is 1.04. The summed E-state index contributed by atoms with van der Waals surface area (Å²) in [6.07, 6.45) is 3.32. The molecule has 2 aromatic rings. The van der Waals surface area contributed by atoms with Crippen LogP contribution in [0.3, 0.4) is 0 Å². The van der Waals surface area contributed by atoms with Crippen LogP contribution in [0.15, 0.2) is 42.7 Å². The van der Waals surface area contributed by atoms with Gasteiger partial charge in [-0.3, -0.25) is 0 Å². The van der Waals surface area contributed by atoms with E-state index >= 15 is 0 Å². The van der Waals surface area contributed by atoms with Gasteiger partial charge in [0.2, 0.25) is 5.95 Å². The maximum absolute atomic E-state index is 9.06. The molecular weight excluding hydrogens is 214 g/mol. The summed E-state index contributed by atoms with van der Waals surface area (Å²) in [5.41, 5.74) is 0.842. The second-order valence-corrected chi connectivity index (χ2v) is 2.74. The first-order chi connectivity index (χ1) is 6.84. The molecule has 0 aliphatic heterocycles. The maximum Gasteiger partial charge on any atom is 0.227 e. The smallest absolute Gasteiger partial charge is 0.227 e. The van der Waals surface area contributed by atoms with Crippen molar-refractivity contribution in [3.05, 3.63) is 42.7 Å². The van der Waals surface area contributed by atoms with Crippen LogP contribution < -0.4 is 5.32 Å². The number of anilines is 2. The molecule has 0 bridgehead atoms. The Morgan fingerprint density at radius 2 is 1.60 bits per heavy atom. The second kappa shape index (κ2) is 5.17. The summed E-state index contributed by atoms with van der Waals surface area (Å²) >= 11 is 0. The van der Waals surface area contributed by atoms with Gasteiger partial charge in [0.15, 0.2) is 0 Å². The fourth-order valence-electron chi connectivity index (χ4n) is 1.04. The van der Waals surface area contributed by atoms with Crippen molar-refractivity contribution in [2.45, 2.75) is 0 Å². The average molecular weight is 224 g/mol. The minimum absolute atomic E-state index is 0. The van der Waals surface area contributed by atoms with E-state index in [9.17, 15) is 0 Å². The number of nitrogens with one attached hydrogen (secondary N) is 1. The van der Waals surface area contributed by atoms with Crippen LogP contribution in [-0.4, -0.2) is 15.1 Å². The molecule has 0 unspecified atom stereocenters. The molecule has 1 aromatic heterocycles. The van der Waals surface area contributed by atoms with E-state index in [1.807, 2.05) is 0 Å². The van der Waals surface area contributed by atoms with Gasteiger partial charge in [-0.2, -0.15) is 0 Å². The molecule has 2 N–H and O–H groups in total. The Kier molecular flexibility index (Phi) is 3.88. The quantitative estimate of drug-likeness (QED) is 0.768. The normalized spacial score (nSPS) is 9.07. The first-order valence-corrected chi connectivity index (χ1v) is 4.18. The van der Waals surface area contributed by atoms with Gasteiger partial charge >= 0.3 is 0 Å². The predicted molar refractivity (Wildman–Crippen MR) is 60.7 cm³/mol. The first kappa shape index (κ1) is 11.3. The van der Waals surface area contributed by atoms with Crippen molar-refractivity contribution in [1.29, 1.82) is 0 Å². The molecule has 4 nitrogen and oxygen atoms in total. The van der Waals surface area contributed by atoms with Crippen LogP contribution in [0.5, 0.6) is 5.75 Å². The highest BCUT2D eigenvalue weighted by Gasteiger charge is 1.95. The lowest BCUT2D eigenvalue weighted by Gasteiger charge is -2.03. The van der Waals surface area contributed by atoms with E-state index in [4.69, 9.17) is 5.11 Å².